The Morgan fingerprint density at radius 3 is 1.21 bits per heavy atom. The standard InChI is InChI=1S/C30H40N15O25P5/c31-22-13-25(37-4-34-22)43(7-40-13)28-19(49)16(46)10(64-28)1-61-72(53,54)67-20-17(47)11(65-29(20)44-8-41-14-23(32)35-5-38-26(14)44)2-62-73(55,56)68-21-18(48)12(3-63-74(57,58)70-75(59,60)69-71(50,51)52)66-30(21)45-9-42-15-24(33)36-6-39-27(15)45/h4-12,16-21,28-30,46-49H,1-3H2,(H,53,54)(H,55,56)(H,57,58)(H,59,60)(H2,31,34,37)(H2,32,35,38)(H2,33,36,39)(H2,50,51,52)/p-5. The lowest BCUT2D eigenvalue weighted by molar-refractivity contribution is -0.250. The summed E-state index contributed by atoms with van der Waals surface area (Å²) in [6, 6.07) is 0. The molecule has 45 heteroatoms. The van der Waals surface area contributed by atoms with Gasteiger partial charge >= 0.3 is 0 Å². The normalized spacial score (nSPS) is 31.3. The van der Waals surface area contributed by atoms with E-state index >= 15 is 0 Å². The number of aliphatic hydroxyl groups is 4. The van der Waals surface area contributed by atoms with Crippen LogP contribution in [-0.4, -0.2) is 159 Å². The number of fused-ring (bicyclic) bond motifs is 3. The molecule has 3 fully saturated rings. The quantitative estimate of drug-likeness (QED) is 0.0330. The van der Waals surface area contributed by atoms with Gasteiger partial charge in [0, 0.05) is 0 Å². The number of nitrogens with zero attached hydrogens (tertiary/aromatic N) is 12. The first-order chi connectivity index (χ1) is 35.1. The number of phosphoric ester groups is 3. The Hall–Kier alpha value is -4.60. The smallest absolute Gasteiger partial charge is 0.280 e. The SMILES string of the molecule is Nc1ncnc2c1ncn2C1OC(COP(=O)([O-])OC2C(O)C(COP(=O)([O-])OC3C(O)C(COP(=O)([O-])OP(=O)([O-])OP(=O)([O-])O)OC3n3cnc4c(N)ncnc43)OC2n2cnc3c(N)ncnc32)C(O)C1O. The van der Waals surface area contributed by atoms with E-state index in [4.69, 9.17) is 54.4 Å². The lowest BCUT2D eigenvalue weighted by Gasteiger charge is -2.33. The lowest BCUT2D eigenvalue weighted by Crippen LogP contribution is -2.38. The molecule has 40 nitrogen and oxygen atoms in total. The van der Waals surface area contributed by atoms with Crippen LogP contribution in [0, 0.1) is 0 Å². The van der Waals surface area contributed by atoms with Crippen LogP contribution in [0.4, 0.5) is 17.5 Å². The second-order valence-corrected chi connectivity index (χ2v) is 22.9. The van der Waals surface area contributed by atoms with E-state index in [0.29, 0.717) is 0 Å². The van der Waals surface area contributed by atoms with Gasteiger partial charge in [0.25, 0.3) is 39.1 Å². The van der Waals surface area contributed by atoms with Crippen LogP contribution in [0.1, 0.15) is 18.7 Å². The summed E-state index contributed by atoms with van der Waals surface area (Å²) in [6.07, 6.45) is -16.7. The van der Waals surface area contributed by atoms with Gasteiger partial charge in [-0.05, 0) is 0 Å². The summed E-state index contributed by atoms with van der Waals surface area (Å²) < 4.78 is 114. The molecule has 17 unspecified atom stereocenters. The minimum atomic E-state index is -6.38. The summed E-state index contributed by atoms with van der Waals surface area (Å²) in [7, 11) is -30.3. The monoisotopic (exact) mass is 1160 g/mol. The molecule has 0 bridgehead atoms. The number of aliphatic hydroxyl groups excluding tert-OH is 4. The molecule has 3 aliphatic heterocycles. The molecule has 17 atom stereocenters. The van der Waals surface area contributed by atoms with Gasteiger partial charge in [-0.25, -0.2) is 53.5 Å². The molecular weight excluding hydrogens is 1130 g/mol. The van der Waals surface area contributed by atoms with Crippen LogP contribution in [-0.2, 0) is 68.3 Å². The van der Waals surface area contributed by atoms with E-state index in [9.17, 15) is 67.7 Å². The fourth-order valence-electron chi connectivity index (χ4n) is 7.79. The van der Waals surface area contributed by atoms with Crippen LogP contribution in [0.15, 0.2) is 38.0 Å². The van der Waals surface area contributed by atoms with Crippen molar-refractivity contribution in [3.63, 3.8) is 0 Å². The molecule has 6 aromatic rings. The lowest BCUT2D eigenvalue weighted by atomic mass is 10.1. The largest absolute Gasteiger partial charge is 0.756 e. The van der Waals surface area contributed by atoms with E-state index < -0.39 is 133 Å². The Balaban J connectivity index is 0.912. The molecular formula is C30H35N15O25P5-5. The van der Waals surface area contributed by atoms with Crippen LogP contribution in [0.3, 0.4) is 0 Å². The number of hydrogen-bond acceptors (Lipinski definition) is 36. The minimum absolute atomic E-state index is 0.0152. The molecule has 75 heavy (non-hydrogen) atoms. The second kappa shape index (κ2) is 20.6. The van der Waals surface area contributed by atoms with Crippen molar-refractivity contribution in [2.24, 2.45) is 0 Å². The Labute approximate surface area is 414 Å². The highest BCUT2D eigenvalue weighted by Crippen LogP contribution is 2.62. The van der Waals surface area contributed by atoms with E-state index in [-0.39, 0.29) is 50.9 Å². The zero-order chi connectivity index (χ0) is 54.2. The molecule has 3 saturated heterocycles. The first-order valence-electron chi connectivity index (χ1n) is 20.6. The average Bonchev–Trinajstić information content (AvgIpc) is 4.18. The van der Waals surface area contributed by atoms with Crippen molar-refractivity contribution >= 4 is 90.1 Å². The molecule has 0 aliphatic carbocycles. The zero-order valence-electron chi connectivity index (χ0n) is 36.7. The van der Waals surface area contributed by atoms with E-state index in [2.05, 4.69) is 58.0 Å². The number of imidazole rings is 3. The maximum absolute atomic E-state index is 13.7. The average molecular weight is 1160 g/mol. The van der Waals surface area contributed by atoms with Gasteiger partial charge in [-0.15, -0.1) is 0 Å². The molecule has 0 spiro atoms. The molecule has 6 aromatic heterocycles. The number of aromatic nitrogens is 12. The maximum Gasteiger partial charge on any atom is 0.280 e. The topological polar surface area (TPSA) is 603 Å². The number of hydrogen-bond donors (Lipinski definition) is 8. The molecule has 11 N–H and O–H groups in total. The Kier molecular flexibility index (Phi) is 15.2. The van der Waals surface area contributed by atoms with Crippen molar-refractivity contribution in [2.75, 3.05) is 37.0 Å². The predicted molar refractivity (Wildman–Crippen MR) is 225 cm³/mol. The third-order valence-electron chi connectivity index (χ3n) is 11.0. The maximum atomic E-state index is 13.7. The van der Waals surface area contributed by atoms with E-state index in [1.54, 1.807) is 0 Å². The van der Waals surface area contributed by atoms with Crippen LogP contribution in [0.2, 0.25) is 0 Å². The van der Waals surface area contributed by atoms with Crippen molar-refractivity contribution in [2.45, 2.75) is 73.6 Å². The van der Waals surface area contributed by atoms with Crippen molar-refractivity contribution in [3.05, 3.63) is 38.0 Å². The summed E-state index contributed by atoms with van der Waals surface area (Å²) in [4.78, 5) is 106. The highest BCUT2D eigenvalue weighted by molar-refractivity contribution is 7.65. The van der Waals surface area contributed by atoms with E-state index in [1.165, 1.54) is 10.9 Å². The van der Waals surface area contributed by atoms with Gasteiger partial charge in [-0.1, -0.05) is 0 Å². The number of rotatable bonds is 20. The van der Waals surface area contributed by atoms with Gasteiger partial charge < -0.3 is 104 Å². The van der Waals surface area contributed by atoms with Crippen molar-refractivity contribution < 1.29 is 118 Å². The van der Waals surface area contributed by atoms with Crippen LogP contribution < -0.4 is 41.7 Å². The van der Waals surface area contributed by atoms with Crippen LogP contribution >= 0.6 is 39.1 Å². The number of phosphoric acid groups is 5. The molecule has 0 aromatic carbocycles. The molecule has 9 heterocycles. The van der Waals surface area contributed by atoms with Gasteiger partial charge in [0.05, 0.1) is 38.8 Å². The van der Waals surface area contributed by atoms with Crippen molar-refractivity contribution in [1.29, 1.82) is 0 Å². The van der Waals surface area contributed by atoms with Crippen LogP contribution in [0.5, 0.6) is 0 Å². The molecule has 0 amide bonds. The number of anilines is 3. The highest BCUT2D eigenvalue weighted by atomic mass is 31.3. The fraction of sp³-hybridized carbons (Fsp3) is 0.500. The molecule has 3 aliphatic rings. The first-order valence-corrected chi connectivity index (χ1v) is 27.9. The Bertz CT molecular complexity index is 3350. The van der Waals surface area contributed by atoms with Crippen LogP contribution in [0.25, 0.3) is 33.5 Å². The van der Waals surface area contributed by atoms with Crippen molar-refractivity contribution in [1.82, 2.24) is 58.6 Å². The van der Waals surface area contributed by atoms with E-state index in [1.807, 2.05) is 0 Å². The highest BCUT2D eigenvalue weighted by Gasteiger charge is 2.52. The van der Waals surface area contributed by atoms with Gasteiger partial charge in [0.2, 0.25) is 0 Å². The Morgan fingerprint density at radius 1 is 0.480 bits per heavy atom. The first kappa shape index (κ1) is 55.2. The van der Waals surface area contributed by atoms with E-state index in [0.717, 1.165) is 40.8 Å². The van der Waals surface area contributed by atoms with Gasteiger partial charge in [-0.3, -0.25) is 36.5 Å². The number of nitrogens with two attached hydrogens (primary N) is 3. The van der Waals surface area contributed by atoms with Gasteiger partial charge in [-0.2, -0.15) is 0 Å². The summed E-state index contributed by atoms with van der Waals surface area (Å²) in [5.74, 6) is -0.385. The van der Waals surface area contributed by atoms with Crippen molar-refractivity contribution in [3.8, 4) is 0 Å². The summed E-state index contributed by atoms with van der Waals surface area (Å²) >= 11 is 0. The fourth-order valence-corrected chi connectivity index (χ4v) is 12.5. The van der Waals surface area contributed by atoms with Gasteiger partial charge in [0.1, 0.15) is 90.5 Å². The molecule has 9 rings (SSSR count). The summed E-state index contributed by atoms with van der Waals surface area (Å²) in [5.41, 5.74) is 17.4. The third-order valence-corrected chi connectivity index (χ3v) is 16.7. The van der Waals surface area contributed by atoms with Gasteiger partial charge in [0.15, 0.2) is 53.1 Å². The molecule has 0 radical (unpaired) electrons. The predicted octanol–water partition coefficient (Wildman–Crippen LogP) is -6.42. The second-order valence-electron chi connectivity index (χ2n) is 15.9. The molecule has 0 saturated carbocycles. The summed E-state index contributed by atoms with van der Waals surface area (Å²) in [6.45, 7) is -3.68. The summed E-state index contributed by atoms with van der Waals surface area (Å²) in [5, 5.41) is 44.5. The Morgan fingerprint density at radius 2 is 0.827 bits per heavy atom. The molecule has 410 valence electrons. The zero-order valence-corrected chi connectivity index (χ0v) is 41.2. The number of ether oxygens (including phenoxy) is 3. The number of nitrogen functional groups attached to an aromatic ring is 3. The third kappa shape index (κ3) is 11.7. The minimum Gasteiger partial charge on any atom is -0.756 e.